The van der Waals surface area contributed by atoms with Crippen molar-refractivity contribution in [3.63, 3.8) is 0 Å². The molecule has 1 amide bonds. The van der Waals surface area contributed by atoms with Crippen molar-refractivity contribution in [3.8, 4) is 0 Å². The molecule has 0 spiro atoms. The third-order valence-corrected chi connectivity index (χ3v) is 10.2. The van der Waals surface area contributed by atoms with E-state index in [4.69, 9.17) is 9.47 Å². The monoisotopic (exact) mass is 702 g/mol. The summed E-state index contributed by atoms with van der Waals surface area (Å²) in [5.41, 5.74) is 0. The minimum Gasteiger partial charge on any atom is -0.394 e. The van der Waals surface area contributed by atoms with Gasteiger partial charge in [-0.2, -0.15) is 0 Å². The molecule has 0 aromatic rings. The van der Waals surface area contributed by atoms with Crippen molar-refractivity contribution in [1.29, 1.82) is 0 Å². The molecule has 292 valence electrons. The van der Waals surface area contributed by atoms with Crippen LogP contribution in [0, 0.1) is 0 Å². The van der Waals surface area contributed by atoms with Crippen LogP contribution >= 0.6 is 0 Å². The number of ether oxygens (including phenoxy) is 2. The number of rotatable bonds is 34. The van der Waals surface area contributed by atoms with Gasteiger partial charge in [0.15, 0.2) is 6.29 Å². The largest absolute Gasteiger partial charge is 0.394 e. The van der Waals surface area contributed by atoms with Crippen LogP contribution in [0.5, 0.6) is 0 Å². The predicted octanol–water partition coefficient (Wildman–Crippen LogP) is 7.61. The van der Waals surface area contributed by atoms with Crippen LogP contribution in [-0.2, 0) is 14.3 Å². The van der Waals surface area contributed by atoms with E-state index in [1.165, 1.54) is 128 Å². The molecule has 0 bridgehead atoms. The van der Waals surface area contributed by atoms with Gasteiger partial charge in [0.25, 0.3) is 0 Å². The lowest BCUT2D eigenvalue weighted by Crippen LogP contribution is -2.60. The molecule has 49 heavy (non-hydrogen) atoms. The van der Waals surface area contributed by atoms with Crippen LogP contribution in [0.15, 0.2) is 0 Å². The minimum atomic E-state index is -1.55. The van der Waals surface area contributed by atoms with Crippen LogP contribution in [0.1, 0.15) is 194 Å². The van der Waals surface area contributed by atoms with E-state index in [0.717, 1.165) is 38.5 Å². The van der Waals surface area contributed by atoms with E-state index >= 15 is 0 Å². The maximum atomic E-state index is 12.9. The van der Waals surface area contributed by atoms with E-state index in [2.05, 4.69) is 19.2 Å². The van der Waals surface area contributed by atoms with Crippen molar-refractivity contribution in [2.75, 3.05) is 13.2 Å². The Kier molecular flexibility index (Phi) is 30.1. The Hall–Kier alpha value is -0.810. The van der Waals surface area contributed by atoms with Crippen LogP contribution in [0.3, 0.4) is 0 Å². The first kappa shape index (κ1) is 46.2. The number of carbonyl (C=O) groups excluding carboxylic acids is 1. The van der Waals surface area contributed by atoms with Crippen molar-refractivity contribution in [2.45, 2.75) is 236 Å². The summed E-state index contributed by atoms with van der Waals surface area (Å²) in [5, 5.41) is 54.1. The van der Waals surface area contributed by atoms with Gasteiger partial charge in [0.2, 0.25) is 5.91 Å². The first-order chi connectivity index (χ1) is 23.8. The number of carbonyl (C=O) groups is 1. The van der Waals surface area contributed by atoms with Crippen molar-refractivity contribution >= 4 is 5.91 Å². The first-order valence-electron chi connectivity index (χ1n) is 20.7. The van der Waals surface area contributed by atoms with Gasteiger partial charge in [-0.15, -0.1) is 0 Å². The standard InChI is InChI=1S/C40H79NO8/c1-3-5-7-9-11-13-15-17-18-19-21-23-25-27-29-34(43)33(32-48-40-39(47)38(46)37(45)35(31-42)49-40)41-36(44)30-28-26-24-22-20-16-14-12-10-8-6-4-2/h33-35,37-40,42-43,45-47H,3-32H2,1-2H3,(H,41,44)/t33-,34+,35+,37-,38?,39?,40+/m0/s1. The summed E-state index contributed by atoms with van der Waals surface area (Å²) in [6.07, 6.45) is 25.3. The smallest absolute Gasteiger partial charge is 0.220 e. The van der Waals surface area contributed by atoms with Crippen molar-refractivity contribution in [1.82, 2.24) is 5.32 Å². The molecule has 1 aliphatic rings. The summed E-state index contributed by atoms with van der Waals surface area (Å²) in [5.74, 6) is -0.144. The van der Waals surface area contributed by atoms with E-state index in [1.807, 2.05) is 0 Å². The van der Waals surface area contributed by atoms with Gasteiger partial charge in [-0.1, -0.05) is 174 Å². The molecule has 2 unspecified atom stereocenters. The van der Waals surface area contributed by atoms with E-state index in [1.54, 1.807) is 0 Å². The van der Waals surface area contributed by atoms with Crippen LogP contribution in [-0.4, -0.2) is 87.5 Å². The second-order valence-corrected chi connectivity index (χ2v) is 14.8. The maximum Gasteiger partial charge on any atom is 0.220 e. The van der Waals surface area contributed by atoms with Crippen LogP contribution in [0.4, 0.5) is 0 Å². The average molecular weight is 702 g/mol. The molecule has 1 aliphatic heterocycles. The molecule has 9 nitrogen and oxygen atoms in total. The highest BCUT2D eigenvalue weighted by molar-refractivity contribution is 5.76. The van der Waals surface area contributed by atoms with Gasteiger partial charge >= 0.3 is 0 Å². The lowest BCUT2D eigenvalue weighted by Gasteiger charge is -2.40. The Labute approximate surface area is 300 Å². The first-order valence-corrected chi connectivity index (χ1v) is 20.7. The molecular formula is C40H79NO8. The Balaban J connectivity index is 2.38. The number of aliphatic hydroxyl groups is 5. The van der Waals surface area contributed by atoms with Crippen molar-refractivity contribution in [2.24, 2.45) is 0 Å². The Morgan fingerprint density at radius 3 is 1.45 bits per heavy atom. The molecule has 1 fully saturated rings. The molecular weight excluding hydrogens is 622 g/mol. The third kappa shape index (κ3) is 23.4. The summed E-state index contributed by atoms with van der Waals surface area (Å²) in [7, 11) is 0. The zero-order chi connectivity index (χ0) is 36.0. The van der Waals surface area contributed by atoms with Crippen molar-refractivity contribution < 1.29 is 39.8 Å². The number of hydrogen-bond acceptors (Lipinski definition) is 8. The molecule has 7 atom stereocenters. The average Bonchev–Trinajstić information content (AvgIpc) is 3.10. The third-order valence-electron chi connectivity index (χ3n) is 10.2. The molecule has 0 aromatic carbocycles. The number of amides is 1. The number of nitrogens with one attached hydrogen (secondary N) is 1. The van der Waals surface area contributed by atoms with Crippen LogP contribution in [0.2, 0.25) is 0 Å². The van der Waals surface area contributed by atoms with Gasteiger partial charge in [0, 0.05) is 6.42 Å². The fourth-order valence-corrected chi connectivity index (χ4v) is 6.81. The Morgan fingerprint density at radius 1 is 0.612 bits per heavy atom. The molecule has 6 N–H and O–H groups in total. The van der Waals surface area contributed by atoms with Crippen molar-refractivity contribution in [3.05, 3.63) is 0 Å². The molecule has 9 heteroatoms. The minimum absolute atomic E-state index is 0.132. The Bertz CT molecular complexity index is 741. The van der Waals surface area contributed by atoms with Gasteiger partial charge in [-0.05, 0) is 12.8 Å². The summed E-state index contributed by atoms with van der Waals surface area (Å²) in [6, 6.07) is -0.709. The lowest BCUT2D eigenvalue weighted by atomic mass is 9.99. The van der Waals surface area contributed by atoms with E-state index < -0.39 is 49.5 Å². The highest BCUT2D eigenvalue weighted by Crippen LogP contribution is 2.23. The van der Waals surface area contributed by atoms with E-state index in [9.17, 15) is 30.3 Å². The van der Waals surface area contributed by atoms with Gasteiger partial charge < -0.3 is 40.3 Å². The van der Waals surface area contributed by atoms with Gasteiger partial charge in [-0.25, -0.2) is 0 Å². The SMILES string of the molecule is CCCCCCCCCCCCCCCC[C@@H](O)[C@H](CO[C@@H]1O[C@H](CO)[C@H](O)C(O)C1O)NC(=O)CCCCCCCCCCCCCC. The molecule has 0 radical (unpaired) electrons. The van der Waals surface area contributed by atoms with Gasteiger partial charge in [0.05, 0.1) is 25.4 Å². The highest BCUT2D eigenvalue weighted by atomic mass is 16.7. The van der Waals surface area contributed by atoms with E-state index in [0.29, 0.717) is 12.8 Å². The lowest BCUT2D eigenvalue weighted by molar-refractivity contribution is -0.302. The topological polar surface area (TPSA) is 149 Å². The summed E-state index contributed by atoms with van der Waals surface area (Å²) in [4.78, 5) is 12.9. The van der Waals surface area contributed by atoms with E-state index in [-0.39, 0.29) is 12.5 Å². The second-order valence-electron chi connectivity index (χ2n) is 14.8. The second kappa shape index (κ2) is 31.9. The number of aliphatic hydroxyl groups excluding tert-OH is 5. The summed E-state index contributed by atoms with van der Waals surface area (Å²) >= 11 is 0. The number of unbranched alkanes of at least 4 members (excludes halogenated alkanes) is 24. The number of hydrogen-bond donors (Lipinski definition) is 6. The predicted molar refractivity (Wildman–Crippen MR) is 198 cm³/mol. The van der Waals surface area contributed by atoms with Gasteiger partial charge in [0.1, 0.15) is 24.4 Å². The maximum absolute atomic E-state index is 12.9. The Morgan fingerprint density at radius 2 is 1.02 bits per heavy atom. The zero-order valence-corrected chi connectivity index (χ0v) is 31.7. The fraction of sp³-hybridized carbons (Fsp3) is 0.975. The molecule has 1 rings (SSSR count). The normalized spacial score (nSPS) is 22.3. The van der Waals surface area contributed by atoms with Gasteiger partial charge in [-0.3, -0.25) is 4.79 Å². The zero-order valence-electron chi connectivity index (χ0n) is 31.7. The molecule has 0 aromatic heterocycles. The van der Waals surface area contributed by atoms with Crippen LogP contribution in [0.25, 0.3) is 0 Å². The highest BCUT2D eigenvalue weighted by Gasteiger charge is 2.44. The molecule has 0 saturated carbocycles. The molecule has 0 aliphatic carbocycles. The summed E-state index contributed by atoms with van der Waals surface area (Å²) < 4.78 is 11.2. The quantitative estimate of drug-likeness (QED) is 0.0376. The summed E-state index contributed by atoms with van der Waals surface area (Å²) in [6.45, 7) is 3.82. The van der Waals surface area contributed by atoms with Crippen LogP contribution < -0.4 is 5.32 Å². The fourth-order valence-electron chi connectivity index (χ4n) is 6.81. The molecule has 1 heterocycles. The molecule has 1 saturated heterocycles.